The zero-order chi connectivity index (χ0) is 16.3. The van der Waals surface area contributed by atoms with Gasteiger partial charge in [-0.15, -0.1) is 0 Å². The average molecular weight is 327 g/mol. The molecule has 0 aromatic heterocycles. The molecule has 1 fully saturated rings. The molecule has 1 aliphatic rings. The molecule has 0 atom stereocenters. The third-order valence-corrected chi connectivity index (χ3v) is 5.45. The lowest BCUT2D eigenvalue weighted by molar-refractivity contribution is -0.385. The van der Waals surface area contributed by atoms with E-state index < -0.39 is 14.9 Å². The van der Waals surface area contributed by atoms with Crippen molar-refractivity contribution in [3.05, 3.63) is 34.4 Å². The largest absolute Gasteiger partial charge is 0.340 e. The van der Waals surface area contributed by atoms with Crippen LogP contribution in [0.15, 0.2) is 29.2 Å². The molecular weight excluding hydrogens is 310 g/mol. The van der Waals surface area contributed by atoms with Crippen molar-refractivity contribution in [3.8, 4) is 0 Å². The van der Waals surface area contributed by atoms with E-state index in [0.717, 1.165) is 6.07 Å². The molecule has 0 N–H and O–H groups in total. The van der Waals surface area contributed by atoms with Gasteiger partial charge in [-0.1, -0.05) is 13.0 Å². The lowest BCUT2D eigenvalue weighted by atomic mass is 10.3. The normalized spacial score (nSPS) is 16.5. The minimum Gasteiger partial charge on any atom is -0.340 e. The van der Waals surface area contributed by atoms with Crippen LogP contribution < -0.4 is 0 Å². The minimum absolute atomic E-state index is 0.00704. The average Bonchev–Trinajstić information content (AvgIpc) is 2.54. The Morgan fingerprint density at radius 1 is 1.27 bits per heavy atom. The fraction of sp³-hybridized carbons (Fsp3) is 0.462. The van der Waals surface area contributed by atoms with E-state index in [2.05, 4.69) is 0 Å². The van der Waals surface area contributed by atoms with Crippen LogP contribution in [-0.4, -0.2) is 54.6 Å². The number of nitrogens with zero attached hydrogens (tertiary/aromatic N) is 3. The van der Waals surface area contributed by atoms with Gasteiger partial charge in [-0.25, -0.2) is 8.42 Å². The number of non-ortho nitro benzene ring substituents is 1. The van der Waals surface area contributed by atoms with Crippen LogP contribution in [0.1, 0.15) is 13.3 Å². The van der Waals surface area contributed by atoms with Gasteiger partial charge in [0.1, 0.15) is 0 Å². The molecule has 22 heavy (non-hydrogen) atoms. The summed E-state index contributed by atoms with van der Waals surface area (Å²) in [7, 11) is -3.78. The summed E-state index contributed by atoms with van der Waals surface area (Å²) in [6.07, 6.45) is 0.387. The quantitative estimate of drug-likeness (QED) is 0.602. The molecule has 1 heterocycles. The number of sulfonamides is 1. The number of nitro groups is 1. The molecule has 1 saturated heterocycles. The van der Waals surface area contributed by atoms with Gasteiger partial charge in [0, 0.05) is 44.7 Å². The summed E-state index contributed by atoms with van der Waals surface area (Å²) < 4.78 is 26.3. The van der Waals surface area contributed by atoms with Gasteiger partial charge in [-0.2, -0.15) is 4.31 Å². The van der Waals surface area contributed by atoms with E-state index in [0.29, 0.717) is 19.5 Å². The van der Waals surface area contributed by atoms with Gasteiger partial charge in [0.15, 0.2) is 0 Å². The van der Waals surface area contributed by atoms with Crippen LogP contribution in [0, 0.1) is 10.1 Å². The van der Waals surface area contributed by atoms with E-state index in [-0.39, 0.29) is 29.6 Å². The van der Waals surface area contributed by atoms with Gasteiger partial charge >= 0.3 is 0 Å². The predicted molar refractivity (Wildman–Crippen MR) is 78.7 cm³/mol. The Kier molecular flexibility index (Phi) is 4.77. The van der Waals surface area contributed by atoms with Crippen LogP contribution in [0.25, 0.3) is 0 Å². The number of hydrogen-bond donors (Lipinski definition) is 0. The fourth-order valence-corrected chi connectivity index (χ4v) is 3.77. The molecule has 1 amide bonds. The SMILES string of the molecule is CCC(=O)N1CCN(S(=O)(=O)c2cccc([N+](=O)[O-])c2)CC1. The fourth-order valence-electron chi connectivity index (χ4n) is 2.31. The summed E-state index contributed by atoms with van der Waals surface area (Å²) >= 11 is 0. The molecule has 1 aliphatic heterocycles. The van der Waals surface area contributed by atoms with Crippen molar-refractivity contribution >= 4 is 21.6 Å². The second-order valence-corrected chi connectivity index (χ2v) is 6.83. The standard InChI is InChI=1S/C13H17N3O5S/c1-2-13(17)14-6-8-15(9-7-14)22(20,21)12-5-3-4-11(10-12)16(18)19/h3-5,10H,2,6-9H2,1H3. The second kappa shape index (κ2) is 6.41. The van der Waals surface area contributed by atoms with Gasteiger partial charge in [0.25, 0.3) is 5.69 Å². The number of piperazine rings is 1. The van der Waals surface area contributed by atoms with Crippen LogP contribution in [0.4, 0.5) is 5.69 Å². The van der Waals surface area contributed by atoms with Gasteiger partial charge < -0.3 is 4.90 Å². The smallest absolute Gasteiger partial charge is 0.270 e. The maximum absolute atomic E-state index is 12.5. The number of carbonyl (C=O) groups is 1. The van der Waals surface area contributed by atoms with Crippen LogP contribution in [0.5, 0.6) is 0 Å². The zero-order valence-electron chi connectivity index (χ0n) is 12.1. The van der Waals surface area contributed by atoms with Gasteiger partial charge in [-0.05, 0) is 6.07 Å². The molecule has 0 saturated carbocycles. The first kappa shape index (κ1) is 16.4. The Morgan fingerprint density at radius 2 is 1.91 bits per heavy atom. The molecule has 9 heteroatoms. The van der Waals surface area contributed by atoms with Gasteiger partial charge in [0.2, 0.25) is 15.9 Å². The number of hydrogen-bond acceptors (Lipinski definition) is 5. The summed E-state index contributed by atoms with van der Waals surface area (Å²) in [6, 6.07) is 4.99. The maximum Gasteiger partial charge on any atom is 0.270 e. The Balaban J connectivity index is 2.17. The molecule has 0 radical (unpaired) electrons. The van der Waals surface area contributed by atoms with E-state index in [4.69, 9.17) is 0 Å². The molecule has 0 unspecified atom stereocenters. The number of carbonyl (C=O) groups excluding carboxylic acids is 1. The van der Waals surface area contributed by atoms with E-state index >= 15 is 0 Å². The molecule has 120 valence electrons. The number of amides is 1. The van der Waals surface area contributed by atoms with E-state index in [1.807, 2.05) is 0 Å². The monoisotopic (exact) mass is 327 g/mol. The minimum atomic E-state index is -3.78. The van der Waals surface area contributed by atoms with Crippen molar-refractivity contribution in [3.63, 3.8) is 0 Å². The van der Waals surface area contributed by atoms with Crippen molar-refractivity contribution in [2.75, 3.05) is 26.2 Å². The lowest BCUT2D eigenvalue weighted by Crippen LogP contribution is -2.50. The van der Waals surface area contributed by atoms with Crippen molar-refractivity contribution in [2.45, 2.75) is 18.2 Å². The van der Waals surface area contributed by atoms with Gasteiger partial charge in [-0.3, -0.25) is 14.9 Å². The van der Waals surface area contributed by atoms with E-state index in [9.17, 15) is 23.3 Å². The van der Waals surface area contributed by atoms with Crippen LogP contribution >= 0.6 is 0 Å². The zero-order valence-corrected chi connectivity index (χ0v) is 13.0. The van der Waals surface area contributed by atoms with E-state index in [1.165, 1.54) is 22.5 Å². The molecule has 0 aliphatic carbocycles. The molecule has 0 spiro atoms. The molecule has 0 bridgehead atoms. The third-order valence-electron chi connectivity index (χ3n) is 3.56. The number of nitro benzene ring substituents is 1. The highest BCUT2D eigenvalue weighted by molar-refractivity contribution is 7.89. The van der Waals surface area contributed by atoms with Crippen molar-refractivity contribution in [1.29, 1.82) is 0 Å². The maximum atomic E-state index is 12.5. The number of rotatable bonds is 4. The Labute approximate surface area is 128 Å². The first-order chi connectivity index (χ1) is 10.4. The molecular formula is C13H17N3O5S. The van der Waals surface area contributed by atoms with Gasteiger partial charge in [0.05, 0.1) is 9.82 Å². The third kappa shape index (κ3) is 3.25. The summed E-state index contributed by atoms with van der Waals surface area (Å²) in [4.78, 5) is 23.3. The Hall–Kier alpha value is -2.00. The predicted octanol–water partition coefficient (Wildman–Crippen LogP) is 0.838. The summed E-state index contributed by atoms with van der Waals surface area (Å²) in [5.74, 6) is -0.00704. The van der Waals surface area contributed by atoms with Crippen LogP contribution in [-0.2, 0) is 14.8 Å². The highest BCUT2D eigenvalue weighted by Gasteiger charge is 2.30. The van der Waals surface area contributed by atoms with Crippen molar-refractivity contribution in [2.24, 2.45) is 0 Å². The first-order valence-corrected chi connectivity index (χ1v) is 8.32. The Bertz CT molecular complexity index is 681. The van der Waals surface area contributed by atoms with Crippen LogP contribution in [0.2, 0.25) is 0 Å². The number of benzene rings is 1. The second-order valence-electron chi connectivity index (χ2n) is 4.89. The molecule has 2 rings (SSSR count). The summed E-state index contributed by atoms with van der Waals surface area (Å²) in [5, 5.41) is 10.8. The van der Waals surface area contributed by atoms with E-state index in [1.54, 1.807) is 11.8 Å². The highest BCUT2D eigenvalue weighted by atomic mass is 32.2. The highest BCUT2D eigenvalue weighted by Crippen LogP contribution is 2.22. The van der Waals surface area contributed by atoms with Crippen molar-refractivity contribution < 1.29 is 18.1 Å². The molecule has 8 nitrogen and oxygen atoms in total. The topological polar surface area (TPSA) is 101 Å². The summed E-state index contributed by atoms with van der Waals surface area (Å²) in [5.41, 5.74) is -0.263. The molecule has 1 aromatic carbocycles. The first-order valence-electron chi connectivity index (χ1n) is 6.88. The van der Waals surface area contributed by atoms with Crippen molar-refractivity contribution in [1.82, 2.24) is 9.21 Å². The van der Waals surface area contributed by atoms with Crippen LogP contribution in [0.3, 0.4) is 0 Å². The molecule has 1 aromatic rings. The Morgan fingerprint density at radius 3 is 2.45 bits per heavy atom. The lowest BCUT2D eigenvalue weighted by Gasteiger charge is -2.33. The summed E-state index contributed by atoms with van der Waals surface area (Å²) in [6.45, 7) is 2.81.